The van der Waals surface area contributed by atoms with Crippen LogP contribution in [0.15, 0.2) is 50.2 Å². The number of halogens is 2. The average Bonchev–Trinajstić information content (AvgIpc) is 2.68. The highest BCUT2D eigenvalue weighted by molar-refractivity contribution is 9.11. The van der Waals surface area contributed by atoms with Crippen LogP contribution in [0.3, 0.4) is 0 Å². The third kappa shape index (κ3) is 4.30. The van der Waals surface area contributed by atoms with Crippen molar-refractivity contribution in [1.82, 2.24) is 4.90 Å². The smallest absolute Gasteiger partial charge is 0.139 e. The van der Waals surface area contributed by atoms with Gasteiger partial charge >= 0.3 is 0 Å². The van der Waals surface area contributed by atoms with Gasteiger partial charge < -0.3 is 14.6 Å². The summed E-state index contributed by atoms with van der Waals surface area (Å²) in [6, 6.07) is 12.4. The summed E-state index contributed by atoms with van der Waals surface area (Å²) >= 11 is 8.83. The van der Waals surface area contributed by atoms with E-state index in [0.717, 1.165) is 58.0 Å². The number of aliphatic hydroxyl groups is 1. The summed E-state index contributed by atoms with van der Waals surface area (Å²) in [7, 11) is 0. The highest BCUT2D eigenvalue weighted by Gasteiger charge is 2.47. The zero-order valence-electron chi connectivity index (χ0n) is 15.7. The van der Waals surface area contributed by atoms with Gasteiger partial charge in [-0.1, -0.05) is 33.6 Å². The van der Waals surface area contributed by atoms with Crippen molar-refractivity contribution in [3.8, 4) is 5.75 Å². The number of aryl methyl sites for hydroxylation is 1. The molecular formula is C21H23Br2NO3S. The van der Waals surface area contributed by atoms with Crippen molar-refractivity contribution in [2.75, 3.05) is 39.5 Å². The molecule has 150 valence electrons. The summed E-state index contributed by atoms with van der Waals surface area (Å²) < 4.78 is 13.0. The Morgan fingerprint density at radius 1 is 1.18 bits per heavy atom. The van der Waals surface area contributed by atoms with E-state index in [1.54, 1.807) is 11.8 Å². The second kappa shape index (κ2) is 8.66. The van der Waals surface area contributed by atoms with Crippen molar-refractivity contribution in [2.24, 2.45) is 0 Å². The summed E-state index contributed by atoms with van der Waals surface area (Å²) in [5.74, 6) is 0.734. The zero-order valence-corrected chi connectivity index (χ0v) is 19.6. The van der Waals surface area contributed by atoms with Gasteiger partial charge in [0.1, 0.15) is 18.5 Å². The fraction of sp³-hybridized carbons (Fsp3) is 0.429. The van der Waals surface area contributed by atoms with E-state index in [9.17, 15) is 5.11 Å². The Labute approximate surface area is 186 Å². The molecule has 2 aliphatic heterocycles. The van der Waals surface area contributed by atoms with Crippen LogP contribution in [-0.2, 0) is 4.74 Å². The molecule has 2 aromatic carbocycles. The largest absolute Gasteiger partial charge is 0.490 e. The van der Waals surface area contributed by atoms with Gasteiger partial charge in [-0.3, -0.25) is 4.90 Å². The van der Waals surface area contributed by atoms with Crippen molar-refractivity contribution in [2.45, 2.75) is 22.7 Å². The van der Waals surface area contributed by atoms with E-state index in [2.05, 4.69) is 67.9 Å². The molecule has 1 saturated heterocycles. The standard InChI is InChI=1S/C21H23Br2NO3S/c1-14-2-4-16(5-3-14)28-21(12-24-6-8-26-9-7-24)13-27-19-17(20(21)25)10-15(22)11-18(19)23/h2-5,10-11,20,25H,6-9,12-13H2,1H3/t20-,21+/m0/s1. The van der Waals surface area contributed by atoms with Crippen LogP contribution in [0.25, 0.3) is 0 Å². The molecule has 1 fully saturated rings. The van der Waals surface area contributed by atoms with Gasteiger partial charge in [0.25, 0.3) is 0 Å². The maximum atomic E-state index is 11.6. The molecule has 2 aromatic rings. The lowest BCUT2D eigenvalue weighted by molar-refractivity contribution is 0.00480. The van der Waals surface area contributed by atoms with Crippen LogP contribution in [0.4, 0.5) is 0 Å². The highest BCUT2D eigenvalue weighted by Crippen LogP contribution is 2.51. The molecule has 7 heteroatoms. The number of fused-ring (bicyclic) bond motifs is 1. The Balaban J connectivity index is 1.70. The van der Waals surface area contributed by atoms with Gasteiger partial charge in [-0.15, -0.1) is 11.8 Å². The fourth-order valence-electron chi connectivity index (χ4n) is 3.72. The monoisotopic (exact) mass is 527 g/mol. The van der Waals surface area contributed by atoms with Crippen molar-refractivity contribution in [1.29, 1.82) is 0 Å². The maximum absolute atomic E-state index is 11.6. The number of morpholine rings is 1. The van der Waals surface area contributed by atoms with E-state index in [4.69, 9.17) is 9.47 Å². The number of rotatable bonds is 4. The van der Waals surface area contributed by atoms with Crippen molar-refractivity contribution >= 4 is 43.6 Å². The number of benzene rings is 2. The minimum atomic E-state index is -0.654. The molecule has 4 rings (SSSR count). The van der Waals surface area contributed by atoms with Gasteiger partial charge in [-0.05, 0) is 47.1 Å². The van der Waals surface area contributed by atoms with Crippen molar-refractivity contribution < 1.29 is 14.6 Å². The van der Waals surface area contributed by atoms with Gasteiger partial charge in [-0.25, -0.2) is 0 Å². The lowest BCUT2D eigenvalue weighted by Crippen LogP contribution is -2.53. The Morgan fingerprint density at radius 3 is 2.61 bits per heavy atom. The van der Waals surface area contributed by atoms with Crippen LogP contribution in [0.2, 0.25) is 0 Å². The van der Waals surface area contributed by atoms with Gasteiger partial charge in [0.15, 0.2) is 0 Å². The van der Waals surface area contributed by atoms with Crippen molar-refractivity contribution in [3.05, 3.63) is 56.5 Å². The molecule has 2 heterocycles. The number of nitrogens with zero attached hydrogens (tertiary/aromatic N) is 1. The molecule has 4 nitrogen and oxygen atoms in total. The van der Waals surface area contributed by atoms with Crippen LogP contribution < -0.4 is 4.74 Å². The lowest BCUT2D eigenvalue weighted by atomic mass is 9.91. The minimum Gasteiger partial charge on any atom is -0.490 e. The second-order valence-corrected chi connectivity index (χ2v) is 10.6. The third-order valence-corrected chi connectivity index (χ3v) is 7.66. The minimum absolute atomic E-state index is 0.442. The summed E-state index contributed by atoms with van der Waals surface area (Å²) in [4.78, 5) is 3.51. The SMILES string of the molecule is Cc1ccc(S[C@]2(CN3CCOCC3)COc3c(Br)cc(Br)cc3[C@@H]2O)cc1. The summed E-state index contributed by atoms with van der Waals surface area (Å²) in [6.07, 6.45) is -0.654. The summed E-state index contributed by atoms with van der Waals surface area (Å²) in [5.41, 5.74) is 2.05. The predicted octanol–water partition coefficient (Wildman–Crippen LogP) is 4.81. The first-order chi connectivity index (χ1) is 13.5. The topological polar surface area (TPSA) is 41.9 Å². The van der Waals surface area contributed by atoms with Gasteiger partial charge in [0.05, 0.1) is 22.4 Å². The fourth-order valence-corrected chi connectivity index (χ4v) is 6.44. The Bertz CT molecular complexity index is 842. The zero-order chi connectivity index (χ0) is 19.7. The first-order valence-electron chi connectivity index (χ1n) is 9.32. The van der Waals surface area contributed by atoms with E-state index < -0.39 is 10.9 Å². The molecule has 0 spiro atoms. The molecule has 0 saturated carbocycles. The average molecular weight is 529 g/mol. The van der Waals surface area contributed by atoms with Crippen LogP contribution in [-0.4, -0.2) is 54.2 Å². The molecule has 2 atom stereocenters. The highest BCUT2D eigenvalue weighted by atomic mass is 79.9. The molecule has 1 N–H and O–H groups in total. The molecule has 28 heavy (non-hydrogen) atoms. The Morgan fingerprint density at radius 2 is 1.89 bits per heavy atom. The van der Waals surface area contributed by atoms with E-state index in [-0.39, 0.29) is 0 Å². The lowest BCUT2D eigenvalue weighted by Gasteiger charge is -2.45. The van der Waals surface area contributed by atoms with E-state index in [1.165, 1.54) is 5.56 Å². The normalized spacial score (nSPS) is 25.2. The summed E-state index contributed by atoms with van der Waals surface area (Å²) in [5, 5.41) is 11.6. The molecule has 0 aromatic heterocycles. The van der Waals surface area contributed by atoms with Gasteiger partial charge in [0, 0.05) is 34.6 Å². The number of hydrogen-bond acceptors (Lipinski definition) is 5. The first-order valence-corrected chi connectivity index (χ1v) is 11.7. The summed E-state index contributed by atoms with van der Waals surface area (Å²) in [6.45, 7) is 6.47. The maximum Gasteiger partial charge on any atom is 0.139 e. The van der Waals surface area contributed by atoms with E-state index >= 15 is 0 Å². The molecule has 0 aliphatic carbocycles. The quantitative estimate of drug-likeness (QED) is 0.616. The van der Waals surface area contributed by atoms with Crippen LogP contribution in [0.1, 0.15) is 17.2 Å². The number of ether oxygens (including phenoxy) is 2. The Kier molecular flexibility index (Phi) is 6.40. The van der Waals surface area contributed by atoms with Gasteiger partial charge in [-0.2, -0.15) is 0 Å². The molecule has 0 bridgehead atoms. The third-order valence-electron chi connectivity index (χ3n) is 5.23. The van der Waals surface area contributed by atoms with E-state index in [0.29, 0.717) is 6.61 Å². The molecule has 2 aliphatic rings. The number of thioether (sulfide) groups is 1. The van der Waals surface area contributed by atoms with Crippen LogP contribution >= 0.6 is 43.6 Å². The second-order valence-electron chi connectivity index (χ2n) is 7.37. The van der Waals surface area contributed by atoms with Crippen LogP contribution in [0.5, 0.6) is 5.75 Å². The molecule has 0 unspecified atom stereocenters. The predicted molar refractivity (Wildman–Crippen MR) is 119 cm³/mol. The van der Waals surface area contributed by atoms with Crippen molar-refractivity contribution in [3.63, 3.8) is 0 Å². The number of hydrogen-bond donors (Lipinski definition) is 1. The molecular weight excluding hydrogens is 506 g/mol. The molecule has 0 radical (unpaired) electrons. The van der Waals surface area contributed by atoms with Gasteiger partial charge in [0.2, 0.25) is 0 Å². The Hall–Kier alpha value is -0.570. The number of aliphatic hydroxyl groups excluding tert-OH is 1. The first kappa shape index (κ1) is 20.7. The van der Waals surface area contributed by atoms with E-state index in [1.807, 2.05) is 12.1 Å². The van der Waals surface area contributed by atoms with Crippen LogP contribution in [0, 0.1) is 6.92 Å². The molecule has 0 amide bonds.